The molecule has 0 aliphatic carbocycles. The number of nitrogens with one attached hydrogen (secondary N) is 2. The van der Waals surface area contributed by atoms with Gasteiger partial charge in [-0.1, -0.05) is 53.9 Å². The zero-order valence-electron chi connectivity index (χ0n) is 21.6. The zero-order chi connectivity index (χ0) is 28.9. The van der Waals surface area contributed by atoms with Crippen molar-refractivity contribution in [2.45, 2.75) is 43.0 Å². The highest BCUT2D eigenvalue weighted by molar-refractivity contribution is 8.01. The number of amides is 2. The maximum Gasteiger partial charge on any atom is 0.416 e. The molecule has 2 heterocycles. The summed E-state index contributed by atoms with van der Waals surface area (Å²) in [6.45, 7) is 5.70. The first-order valence-electron chi connectivity index (χ1n) is 11.9. The predicted molar refractivity (Wildman–Crippen MR) is 149 cm³/mol. The minimum absolute atomic E-state index is 0.107. The number of carbonyl (C=O) groups is 2. The van der Waals surface area contributed by atoms with E-state index in [4.69, 9.17) is 0 Å². The van der Waals surface area contributed by atoms with Crippen molar-refractivity contribution in [2.24, 2.45) is 0 Å². The lowest BCUT2D eigenvalue weighted by molar-refractivity contribution is -0.137. The highest BCUT2D eigenvalue weighted by atomic mass is 32.2. The van der Waals surface area contributed by atoms with E-state index in [-0.39, 0.29) is 34.9 Å². The molecule has 0 aliphatic rings. The van der Waals surface area contributed by atoms with E-state index in [1.165, 1.54) is 39.8 Å². The van der Waals surface area contributed by atoms with Crippen LogP contribution >= 0.6 is 34.9 Å². The summed E-state index contributed by atoms with van der Waals surface area (Å²) in [5.74, 6) is 0.147. The van der Waals surface area contributed by atoms with Crippen LogP contribution in [0.15, 0.2) is 52.0 Å². The van der Waals surface area contributed by atoms with Gasteiger partial charge in [0, 0.05) is 5.56 Å². The molecular weight excluding hydrogens is 584 g/mol. The maximum atomic E-state index is 13.5. The van der Waals surface area contributed by atoms with Gasteiger partial charge in [-0.25, -0.2) is 0 Å². The van der Waals surface area contributed by atoms with Gasteiger partial charge in [0.05, 0.1) is 23.5 Å². The van der Waals surface area contributed by atoms with Crippen LogP contribution in [0.25, 0.3) is 5.69 Å². The first kappa shape index (κ1) is 29.6. The maximum absolute atomic E-state index is 13.5. The summed E-state index contributed by atoms with van der Waals surface area (Å²) in [4.78, 5) is 25.3. The van der Waals surface area contributed by atoms with Gasteiger partial charge < -0.3 is 5.32 Å². The number of thioether (sulfide) groups is 2. The largest absolute Gasteiger partial charge is 0.416 e. The molecular formula is C25H24F3N7O2S3. The number of hydrogen-bond acceptors (Lipinski definition) is 9. The summed E-state index contributed by atoms with van der Waals surface area (Å²) in [6.07, 6.45) is -4.56. The van der Waals surface area contributed by atoms with E-state index in [0.717, 1.165) is 45.1 Å². The average Bonchev–Trinajstić information content (AvgIpc) is 3.53. The Morgan fingerprint density at radius 2 is 1.80 bits per heavy atom. The van der Waals surface area contributed by atoms with Crippen molar-refractivity contribution in [3.63, 3.8) is 0 Å². The summed E-state index contributed by atoms with van der Waals surface area (Å²) in [7, 11) is 0. The van der Waals surface area contributed by atoms with Crippen molar-refractivity contribution in [2.75, 3.05) is 16.8 Å². The Bertz CT molecular complexity index is 1520. The van der Waals surface area contributed by atoms with E-state index in [1.807, 2.05) is 26.8 Å². The lowest BCUT2D eigenvalue weighted by atomic mass is 10.1. The van der Waals surface area contributed by atoms with E-state index in [1.54, 1.807) is 12.1 Å². The van der Waals surface area contributed by atoms with Gasteiger partial charge in [0.2, 0.25) is 11.0 Å². The van der Waals surface area contributed by atoms with Gasteiger partial charge in [-0.15, -0.1) is 20.4 Å². The van der Waals surface area contributed by atoms with Crippen molar-refractivity contribution in [3.8, 4) is 5.69 Å². The van der Waals surface area contributed by atoms with Crippen LogP contribution in [-0.2, 0) is 17.5 Å². The second-order valence-corrected chi connectivity index (χ2v) is 11.8. The lowest BCUT2D eigenvalue weighted by Crippen LogP contribution is -2.25. The Kier molecular flexibility index (Phi) is 9.48. The highest BCUT2D eigenvalue weighted by Crippen LogP contribution is 2.32. The second kappa shape index (κ2) is 12.8. The van der Waals surface area contributed by atoms with Crippen LogP contribution < -0.4 is 10.6 Å². The number of halogens is 3. The molecule has 4 rings (SSSR count). The van der Waals surface area contributed by atoms with Crippen LogP contribution in [-0.4, -0.2) is 48.3 Å². The minimum Gasteiger partial charge on any atom is -0.345 e. The number of nitrogens with zero attached hydrogens (tertiary/aromatic N) is 5. The van der Waals surface area contributed by atoms with Crippen molar-refractivity contribution < 1.29 is 22.8 Å². The monoisotopic (exact) mass is 607 g/mol. The number of carbonyl (C=O) groups excluding carboxylic acids is 2. The number of aromatic nitrogens is 5. The van der Waals surface area contributed by atoms with Crippen molar-refractivity contribution >= 4 is 51.8 Å². The van der Waals surface area contributed by atoms with Gasteiger partial charge in [0.25, 0.3) is 5.91 Å². The number of aryl methyl sites for hydroxylation is 2. The van der Waals surface area contributed by atoms with Crippen LogP contribution in [0.1, 0.15) is 39.8 Å². The van der Waals surface area contributed by atoms with Gasteiger partial charge in [0.1, 0.15) is 0 Å². The molecule has 9 nitrogen and oxygen atoms in total. The van der Waals surface area contributed by atoms with Gasteiger partial charge in [0.15, 0.2) is 15.3 Å². The van der Waals surface area contributed by atoms with E-state index >= 15 is 0 Å². The molecule has 210 valence electrons. The fraction of sp³-hybridized carbons (Fsp3) is 0.280. The molecule has 0 fully saturated rings. The highest BCUT2D eigenvalue weighted by Gasteiger charge is 2.31. The van der Waals surface area contributed by atoms with Crippen molar-refractivity contribution in [1.82, 2.24) is 30.3 Å². The molecule has 2 aromatic heterocycles. The lowest BCUT2D eigenvalue weighted by Gasteiger charge is -2.13. The SMILES string of the molecule is CCSc1nnc(NC(=O)CSc2nnc(CNC(=O)c3ccc(C)c(C)c3)n2-c2cccc(C(F)(F)F)c2)s1. The number of hydrogen-bond donors (Lipinski definition) is 2. The second-order valence-electron chi connectivity index (χ2n) is 8.41. The minimum atomic E-state index is -4.56. The van der Waals surface area contributed by atoms with Gasteiger partial charge in [-0.2, -0.15) is 13.2 Å². The molecule has 2 aromatic carbocycles. The normalized spacial score (nSPS) is 11.4. The first-order chi connectivity index (χ1) is 19.0. The third-order valence-corrected chi connectivity index (χ3v) is 8.34. The molecule has 0 atom stereocenters. The summed E-state index contributed by atoms with van der Waals surface area (Å²) >= 11 is 3.74. The molecule has 2 amide bonds. The molecule has 15 heteroatoms. The molecule has 0 saturated heterocycles. The van der Waals surface area contributed by atoms with Crippen molar-refractivity contribution in [3.05, 3.63) is 70.5 Å². The number of anilines is 1. The van der Waals surface area contributed by atoms with Crippen LogP contribution in [0, 0.1) is 13.8 Å². The number of alkyl halides is 3. The smallest absolute Gasteiger partial charge is 0.345 e. The van der Waals surface area contributed by atoms with E-state index in [2.05, 4.69) is 31.0 Å². The Hall–Kier alpha value is -3.43. The molecule has 0 aliphatic heterocycles. The van der Waals surface area contributed by atoms with Gasteiger partial charge in [-0.3, -0.25) is 19.5 Å². The van der Waals surface area contributed by atoms with Gasteiger partial charge in [-0.05, 0) is 61.1 Å². The van der Waals surface area contributed by atoms with E-state index in [0.29, 0.717) is 10.7 Å². The Labute approximate surface area is 240 Å². The third kappa shape index (κ3) is 7.40. The fourth-order valence-corrected chi connectivity index (χ4v) is 5.90. The van der Waals surface area contributed by atoms with Gasteiger partial charge >= 0.3 is 6.18 Å². The number of rotatable bonds is 10. The summed E-state index contributed by atoms with van der Waals surface area (Å²) < 4.78 is 42.5. The Morgan fingerprint density at radius 1 is 1.00 bits per heavy atom. The summed E-state index contributed by atoms with van der Waals surface area (Å²) in [5.41, 5.74) is 1.72. The molecule has 2 N–H and O–H groups in total. The summed E-state index contributed by atoms with van der Waals surface area (Å²) in [6, 6.07) is 9.96. The molecule has 0 unspecified atom stereocenters. The van der Waals surface area contributed by atoms with Crippen LogP contribution in [0.5, 0.6) is 0 Å². The fourth-order valence-electron chi connectivity index (χ4n) is 3.46. The quantitative estimate of drug-likeness (QED) is 0.179. The third-order valence-electron chi connectivity index (χ3n) is 5.56. The standard InChI is InChI=1S/C25H24F3N7O2S3/c1-4-38-24-34-32-22(40-24)30-20(36)13-39-23-33-31-19(12-29-21(37)16-9-8-14(2)15(3)10-16)35(23)18-7-5-6-17(11-18)25(26,27)28/h5-11H,4,12-13H2,1-3H3,(H,29,37)(H,30,32,36). The Balaban J connectivity index is 1.55. The molecule has 40 heavy (non-hydrogen) atoms. The molecule has 0 spiro atoms. The Morgan fingerprint density at radius 3 is 2.52 bits per heavy atom. The van der Waals surface area contributed by atoms with Crippen molar-refractivity contribution in [1.29, 1.82) is 0 Å². The molecule has 4 aromatic rings. The van der Waals surface area contributed by atoms with Crippen LogP contribution in [0.2, 0.25) is 0 Å². The molecule has 0 saturated carbocycles. The van der Waals surface area contributed by atoms with Crippen LogP contribution in [0.4, 0.5) is 18.3 Å². The zero-order valence-corrected chi connectivity index (χ0v) is 24.0. The predicted octanol–water partition coefficient (Wildman–Crippen LogP) is 5.53. The van der Waals surface area contributed by atoms with E-state index in [9.17, 15) is 22.8 Å². The topological polar surface area (TPSA) is 115 Å². The average molecular weight is 608 g/mol. The molecule has 0 bridgehead atoms. The summed E-state index contributed by atoms with van der Waals surface area (Å²) in [5, 5.41) is 22.1. The van der Waals surface area contributed by atoms with E-state index < -0.39 is 17.6 Å². The molecule has 0 radical (unpaired) electrons. The number of benzene rings is 2. The first-order valence-corrected chi connectivity index (χ1v) is 14.7. The van der Waals surface area contributed by atoms with Crippen LogP contribution in [0.3, 0.4) is 0 Å².